The number of fused-ring (bicyclic) bond motifs is 1. The lowest BCUT2D eigenvalue weighted by atomic mass is 10.1. The Kier molecular flexibility index (Phi) is 2.50. The van der Waals surface area contributed by atoms with E-state index in [2.05, 4.69) is 9.38 Å². The minimum absolute atomic E-state index is 0.254. The third kappa shape index (κ3) is 1.77. The van der Waals surface area contributed by atoms with Gasteiger partial charge in [-0.2, -0.15) is 0 Å². The van der Waals surface area contributed by atoms with Crippen molar-refractivity contribution in [2.24, 2.45) is 5.73 Å². The van der Waals surface area contributed by atoms with Crippen molar-refractivity contribution < 1.29 is 0 Å². The first-order chi connectivity index (χ1) is 6.77. The van der Waals surface area contributed by atoms with E-state index in [1.165, 1.54) is 5.69 Å². The normalized spacial score (nSPS) is 13.3. The molecule has 2 aromatic heterocycles. The number of aromatic nitrogens is 2. The van der Waals surface area contributed by atoms with Gasteiger partial charge in [0, 0.05) is 24.1 Å². The van der Waals surface area contributed by atoms with Crippen molar-refractivity contribution >= 4 is 5.65 Å². The van der Waals surface area contributed by atoms with Gasteiger partial charge in [0.2, 0.25) is 0 Å². The van der Waals surface area contributed by atoms with Crippen molar-refractivity contribution in [2.75, 3.05) is 0 Å². The first-order valence-corrected chi connectivity index (χ1v) is 4.94. The van der Waals surface area contributed by atoms with E-state index in [9.17, 15) is 0 Å². The summed E-state index contributed by atoms with van der Waals surface area (Å²) in [4.78, 5) is 4.32. The lowest BCUT2D eigenvalue weighted by Gasteiger charge is -2.04. The Morgan fingerprint density at radius 2 is 2.36 bits per heavy atom. The first kappa shape index (κ1) is 9.21. The van der Waals surface area contributed by atoms with Gasteiger partial charge < -0.3 is 10.1 Å². The maximum Gasteiger partial charge on any atom is 0.136 e. The number of nitrogens with zero attached hydrogens (tertiary/aromatic N) is 2. The maximum absolute atomic E-state index is 5.72. The molecule has 3 nitrogen and oxygen atoms in total. The molecule has 14 heavy (non-hydrogen) atoms. The van der Waals surface area contributed by atoms with Crippen LogP contribution in [0.3, 0.4) is 0 Å². The molecule has 0 aliphatic heterocycles. The summed E-state index contributed by atoms with van der Waals surface area (Å²) in [5, 5.41) is 0. The Morgan fingerprint density at radius 1 is 1.50 bits per heavy atom. The van der Waals surface area contributed by atoms with E-state index in [-0.39, 0.29) is 6.04 Å². The second-order valence-corrected chi connectivity index (χ2v) is 3.69. The Labute approximate surface area is 83.6 Å². The van der Waals surface area contributed by atoms with Crippen LogP contribution in [0.25, 0.3) is 5.65 Å². The van der Waals surface area contributed by atoms with Crippen LogP contribution in [0.4, 0.5) is 0 Å². The summed E-state index contributed by atoms with van der Waals surface area (Å²) in [7, 11) is 0. The molecular formula is C11H15N3. The Morgan fingerprint density at radius 3 is 3.14 bits per heavy atom. The zero-order valence-electron chi connectivity index (χ0n) is 8.35. The quantitative estimate of drug-likeness (QED) is 0.797. The van der Waals surface area contributed by atoms with Crippen LogP contribution in [0, 0.1) is 0 Å². The van der Waals surface area contributed by atoms with Crippen molar-refractivity contribution in [2.45, 2.75) is 25.8 Å². The molecule has 0 bridgehead atoms. The van der Waals surface area contributed by atoms with Gasteiger partial charge in [0.25, 0.3) is 0 Å². The molecule has 2 N–H and O–H groups in total. The SMILES string of the molecule is C[C@H](N)CCc1cnc2ccccn12. The number of hydrogen-bond donors (Lipinski definition) is 1. The fourth-order valence-electron chi connectivity index (χ4n) is 1.55. The van der Waals surface area contributed by atoms with E-state index in [1.807, 2.05) is 37.5 Å². The molecule has 0 spiro atoms. The molecule has 0 aliphatic carbocycles. The minimum atomic E-state index is 0.254. The van der Waals surface area contributed by atoms with E-state index in [0.29, 0.717) is 0 Å². The van der Waals surface area contributed by atoms with Crippen LogP contribution in [0.5, 0.6) is 0 Å². The summed E-state index contributed by atoms with van der Waals surface area (Å²) in [5.74, 6) is 0. The number of rotatable bonds is 3. The Bertz CT molecular complexity index is 417. The summed E-state index contributed by atoms with van der Waals surface area (Å²) >= 11 is 0. The molecule has 2 rings (SSSR count). The third-order valence-corrected chi connectivity index (χ3v) is 2.35. The van der Waals surface area contributed by atoms with Crippen molar-refractivity contribution in [3.63, 3.8) is 0 Å². The van der Waals surface area contributed by atoms with Crippen LogP contribution in [0.2, 0.25) is 0 Å². The number of imidazole rings is 1. The molecule has 2 heterocycles. The molecule has 0 fully saturated rings. The molecule has 0 aromatic carbocycles. The lowest BCUT2D eigenvalue weighted by Crippen LogP contribution is -2.15. The predicted octanol–water partition coefficient (Wildman–Crippen LogP) is 1.61. The molecule has 0 unspecified atom stereocenters. The smallest absolute Gasteiger partial charge is 0.136 e. The van der Waals surface area contributed by atoms with Gasteiger partial charge >= 0.3 is 0 Å². The van der Waals surface area contributed by atoms with Crippen molar-refractivity contribution in [1.82, 2.24) is 9.38 Å². The van der Waals surface area contributed by atoms with Crippen LogP contribution >= 0.6 is 0 Å². The molecule has 1 atom stereocenters. The average molecular weight is 189 g/mol. The fraction of sp³-hybridized carbons (Fsp3) is 0.364. The topological polar surface area (TPSA) is 43.3 Å². The highest BCUT2D eigenvalue weighted by Crippen LogP contribution is 2.08. The monoisotopic (exact) mass is 189 g/mol. The van der Waals surface area contributed by atoms with Crippen LogP contribution in [0.1, 0.15) is 19.0 Å². The van der Waals surface area contributed by atoms with Crippen molar-refractivity contribution in [3.8, 4) is 0 Å². The van der Waals surface area contributed by atoms with E-state index in [0.717, 1.165) is 18.5 Å². The highest BCUT2D eigenvalue weighted by Gasteiger charge is 2.02. The van der Waals surface area contributed by atoms with E-state index in [1.54, 1.807) is 0 Å². The molecule has 74 valence electrons. The third-order valence-electron chi connectivity index (χ3n) is 2.35. The van der Waals surface area contributed by atoms with Crippen molar-refractivity contribution in [1.29, 1.82) is 0 Å². The molecule has 3 heteroatoms. The minimum Gasteiger partial charge on any atom is -0.328 e. The molecule has 0 amide bonds. The van der Waals surface area contributed by atoms with Gasteiger partial charge in [-0.1, -0.05) is 6.07 Å². The van der Waals surface area contributed by atoms with Crippen LogP contribution in [-0.2, 0) is 6.42 Å². The van der Waals surface area contributed by atoms with Crippen LogP contribution in [-0.4, -0.2) is 15.4 Å². The van der Waals surface area contributed by atoms with Gasteiger partial charge in [-0.15, -0.1) is 0 Å². The van der Waals surface area contributed by atoms with Crippen LogP contribution < -0.4 is 5.73 Å². The summed E-state index contributed by atoms with van der Waals surface area (Å²) in [5.41, 5.74) is 7.96. The molecule has 0 saturated heterocycles. The van der Waals surface area contributed by atoms with Gasteiger partial charge in [0.05, 0.1) is 0 Å². The van der Waals surface area contributed by atoms with Crippen molar-refractivity contribution in [3.05, 3.63) is 36.3 Å². The lowest BCUT2D eigenvalue weighted by molar-refractivity contribution is 0.656. The van der Waals surface area contributed by atoms with Gasteiger partial charge in [-0.3, -0.25) is 0 Å². The van der Waals surface area contributed by atoms with Gasteiger partial charge in [0.15, 0.2) is 0 Å². The van der Waals surface area contributed by atoms with Gasteiger partial charge in [-0.05, 0) is 31.9 Å². The number of pyridine rings is 1. The highest BCUT2D eigenvalue weighted by molar-refractivity contribution is 5.39. The van der Waals surface area contributed by atoms with Gasteiger partial charge in [0.1, 0.15) is 5.65 Å². The molecule has 0 radical (unpaired) electrons. The maximum atomic E-state index is 5.72. The van der Waals surface area contributed by atoms with E-state index in [4.69, 9.17) is 5.73 Å². The van der Waals surface area contributed by atoms with E-state index >= 15 is 0 Å². The zero-order chi connectivity index (χ0) is 9.97. The summed E-state index contributed by atoms with van der Waals surface area (Å²) in [6.45, 7) is 2.03. The molecule has 0 saturated carbocycles. The predicted molar refractivity (Wildman–Crippen MR) is 57.2 cm³/mol. The summed E-state index contributed by atoms with van der Waals surface area (Å²) < 4.78 is 2.11. The standard InChI is InChI=1S/C11H15N3/c1-9(12)5-6-10-8-13-11-4-2-3-7-14(10)11/h2-4,7-9H,5-6,12H2,1H3/t9-/m0/s1. The number of hydrogen-bond acceptors (Lipinski definition) is 2. The Balaban J connectivity index is 2.25. The first-order valence-electron chi connectivity index (χ1n) is 4.94. The highest BCUT2D eigenvalue weighted by atomic mass is 15.0. The van der Waals surface area contributed by atoms with Crippen LogP contribution in [0.15, 0.2) is 30.6 Å². The Hall–Kier alpha value is -1.35. The second kappa shape index (κ2) is 3.80. The number of aryl methyl sites for hydroxylation is 1. The fourth-order valence-corrected chi connectivity index (χ4v) is 1.55. The number of nitrogens with two attached hydrogens (primary N) is 1. The summed E-state index contributed by atoms with van der Waals surface area (Å²) in [6.07, 6.45) is 5.96. The zero-order valence-corrected chi connectivity index (χ0v) is 8.35. The average Bonchev–Trinajstić information content (AvgIpc) is 2.58. The van der Waals surface area contributed by atoms with E-state index < -0.39 is 0 Å². The van der Waals surface area contributed by atoms with Gasteiger partial charge in [-0.25, -0.2) is 4.98 Å². The molecular weight excluding hydrogens is 174 g/mol. The molecule has 2 aromatic rings. The summed E-state index contributed by atoms with van der Waals surface area (Å²) in [6, 6.07) is 6.28. The molecule has 0 aliphatic rings. The largest absolute Gasteiger partial charge is 0.328 e. The second-order valence-electron chi connectivity index (χ2n) is 3.69.